The molecule has 0 radical (unpaired) electrons. The van der Waals surface area contributed by atoms with E-state index in [0.29, 0.717) is 22.8 Å². The number of aryl methyl sites for hydroxylation is 1. The largest absolute Gasteiger partial charge is 0.358 e. The Balaban J connectivity index is 1.66. The van der Waals surface area contributed by atoms with E-state index in [1.807, 2.05) is 19.1 Å². The van der Waals surface area contributed by atoms with Crippen LogP contribution in [-0.4, -0.2) is 55.2 Å². The minimum absolute atomic E-state index is 0.508. The van der Waals surface area contributed by atoms with Crippen molar-refractivity contribution in [3.8, 4) is 6.07 Å². The smallest absolute Gasteiger partial charge is 0.118 e. The summed E-state index contributed by atoms with van der Waals surface area (Å²) in [7, 11) is -1.89. The summed E-state index contributed by atoms with van der Waals surface area (Å²) < 4.78 is 26.8. The van der Waals surface area contributed by atoms with E-state index in [-0.39, 0.29) is 0 Å². The monoisotopic (exact) mass is 364 g/mol. The third-order valence-electron chi connectivity index (χ3n) is 4.25. The Morgan fingerprint density at radius 3 is 2.88 bits per heavy atom. The van der Waals surface area contributed by atoms with Crippen molar-refractivity contribution in [2.45, 2.75) is 6.92 Å². The fourth-order valence-corrected chi connectivity index (χ4v) is 4.95. The third-order valence-corrected chi connectivity index (χ3v) is 6.53. The quantitative estimate of drug-likeness (QED) is 0.841. The topological polar surface area (TPSA) is 89.0 Å². The van der Waals surface area contributed by atoms with E-state index in [1.165, 1.54) is 0 Å². The molecule has 6 nitrogen and oxygen atoms in total. The summed E-state index contributed by atoms with van der Waals surface area (Å²) in [6, 6.07) is 5.99. The molecule has 128 valence electrons. The molecule has 1 aliphatic heterocycles. The zero-order valence-corrected chi connectivity index (χ0v) is 15.1. The number of rotatable bonds is 5. The number of nitriles is 1. The van der Waals surface area contributed by atoms with Crippen molar-refractivity contribution in [1.82, 2.24) is 9.88 Å². The first kappa shape index (κ1) is 17.1. The minimum atomic E-state index is -1.21. The van der Waals surface area contributed by atoms with Gasteiger partial charge in [-0.05, 0) is 18.6 Å². The molecule has 0 bridgehead atoms. The highest BCUT2D eigenvalue weighted by molar-refractivity contribution is 7.86. The number of nitrogens with zero attached hydrogens (tertiary/aromatic N) is 2. The predicted octanol–water partition coefficient (Wildman–Crippen LogP) is 1.49. The molecule has 1 saturated heterocycles. The number of benzene rings is 1. The second kappa shape index (κ2) is 7.47. The lowest BCUT2D eigenvalue weighted by molar-refractivity contribution is 0.318. The minimum Gasteiger partial charge on any atom is -0.358 e. The molecule has 0 aliphatic carbocycles. The maximum atomic E-state index is 12.4. The SMILES string of the molecule is Cc1ccc(NS(=O)CCN2CCS(=O)CC2)c2[nH]cc(C#N)c12. The summed E-state index contributed by atoms with van der Waals surface area (Å²) in [6.45, 7) is 4.29. The molecule has 2 aromatic rings. The lowest BCUT2D eigenvalue weighted by Crippen LogP contribution is -2.40. The average Bonchev–Trinajstić information content (AvgIpc) is 3.02. The molecule has 3 rings (SSSR count). The first-order chi connectivity index (χ1) is 11.6. The van der Waals surface area contributed by atoms with Crippen LogP contribution in [0.1, 0.15) is 11.1 Å². The van der Waals surface area contributed by atoms with Crippen molar-refractivity contribution in [1.29, 1.82) is 5.26 Å². The van der Waals surface area contributed by atoms with Gasteiger partial charge in [0.25, 0.3) is 0 Å². The van der Waals surface area contributed by atoms with Crippen LogP contribution in [-0.2, 0) is 21.8 Å². The Morgan fingerprint density at radius 1 is 1.42 bits per heavy atom. The van der Waals surface area contributed by atoms with Crippen LogP contribution in [0.25, 0.3) is 10.9 Å². The number of aromatic nitrogens is 1. The van der Waals surface area contributed by atoms with Crippen LogP contribution >= 0.6 is 0 Å². The molecule has 8 heteroatoms. The molecule has 1 atom stereocenters. The van der Waals surface area contributed by atoms with Gasteiger partial charge in [-0.3, -0.25) is 4.21 Å². The number of anilines is 1. The van der Waals surface area contributed by atoms with Crippen LogP contribution in [0.15, 0.2) is 18.3 Å². The zero-order chi connectivity index (χ0) is 17.1. The number of H-pyrrole nitrogens is 1. The molecule has 0 spiro atoms. The van der Waals surface area contributed by atoms with Crippen LogP contribution in [0.2, 0.25) is 0 Å². The van der Waals surface area contributed by atoms with Crippen molar-refractivity contribution < 1.29 is 8.42 Å². The van der Waals surface area contributed by atoms with Gasteiger partial charge in [0.15, 0.2) is 0 Å². The summed E-state index contributed by atoms with van der Waals surface area (Å²) in [4.78, 5) is 5.30. The van der Waals surface area contributed by atoms with E-state index < -0.39 is 21.8 Å². The van der Waals surface area contributed by atoms with Crippen LogP contribution in [0.3, 0.4) is 0 Å². The maximum Gasteiger partial charge on any atom is 0.118 e. The standard InChI is InChI=1S/C16H20N4O2S2/c1-12-2-3-14(16-15(12)13(10-17)11-18-16)19-24(22)9-6-20-4-7-23(21)8-5-20/h2-3,11,18-19H,4-9H2,1H3. The third kappa shape index (κ3) is 3.69. The van der Waals surface area contributed by atoms with Crippen LogP contribution in [0.4, 0.5) is 5.69 Å². The fraction of sp³-hybridized carbons (Fsp3) is 0.438. The predicted molar refractivity (Wildman–Crippen MR) is 98.7 cm³/mol. The van der Waals surface area contributed by atoms with Crippen molar-refractivity contribution >= 4 is 38.4 Å². The van der Waals surface area contributed by atoms with E-state index in [2.05, 4.69) is 20.7 Å². The van der Waals surface area contributed by atoms with E-state index in [0.717, 1.165) is 41.8 Å². The van der Waals surface area contributed by atoms with Crippen molar-refractivity contribution in [2.24, 2.45) is 0 Å². The van der Waals surface area contributed by atoms with E-state index >= 15 is 0 Å². The van der Waals surface area contributed by atoms with Gasteiger partial charge in [0.05, 0.1) is 22.5 Å². The van der Waals surface area contributed by atoms with Gasteiger partial charge in [-0.2, -0.15) is 5.26 Å². The first-order valence-electron chi connectivity index (χ1n) is 7.81. The van der Waals surface area contributed by atoms with E-state index in [9.17, 15) is 13.7 Å². The van der Waals surface area contributed by atoms with Crippen LogP contribution < -0.4 is 4.72 Å². The Morgan fingerprint density at radius 2 is 2.17 bits per heavy atom. The molecular weight excluding hydrogens is 344 g/mol. The van der Waals surface area contributed by atoms with Gasteiger partial charge >= 0.3 is 0 Å². The van der Waals surface area contributed by atoms with Crippen molar-refractivity contribution in [2.75, 3.05) is 41.6 Å². The van der Waals surface area contributed by atoms with Crippen LogP contribution in [0.5, 0.6) is 0 Å². The normalized spacial score (nSPS) is 17.7. The molecule has 2 heterocycles. The van der Waals surface area contributed by atoms with Gasteiger partial charge < -0.3 is 14.6 Å². The van der Waals surface area contributed by atoms with Gasteiger partial charge in [0, 0.05) is 53.5 Å². The Kier molecular flexibility index (Phi) is 5.33. The Labute approximate surface area is 146 Å². The van der Waals surface area contributed by atoms with Gasteiger partial charge in [-0.1, -0.05) is 6.07 Å². The Bertz CT molecular complexity index is 830. The second-order valence-electron chi connectivity index (χ2n) is 5.84. The van der Waals surface area contributed by atoms with Crippen LogP contribution in [0, 0.1) is 18.3 Å². The van der Waals surface area contributed by atoms with Gasteiger partial charge in [0.2, 0.25) is 0 Å². The molecular formula is C16H20N4O2S2. The lowest BCUT2D eigenvalue weighted by atomic mass is 10.1. The summed E-state index contributed by atoms with van der Waals surface area (Å²) in [5.74, 6) is 1.92. The highest BCUT2D eigenvalue weighted by Crippen LogP contribution is 2.28. The van der Waals surface area contributed by atoms with Gasteiger partial charge in [-0.25, -0.2) is 4.21 Å². The zero-order valence-electron chi connectivity index (χ0n) is 13.5. The molecule has 1 aromatic carbocycles. The summed E-state index contributed by atoms with van der Waals surface area (Å²) >= 11 is 0. The summed E-state index contributed by atoms with van der Waals surface area (Å²) in [5.41, 5.74) is 3.17. The average molecular weight is 364 g/mol. The Hall–Kier alpha value is -1.69. The first-order valence-corrected chi connectivity index (χ1v) is 10.6. The molecule has 24 heavy (non-hydrogen) atoms. The summed E-state index contributed by atoms with van der Waals surface area (Å²) in [5, 5.41) is 10.1. The molecule has 2 N–H and O–H groups in total. The number of hydrogen-bond acceptors (Lipinski definition) is 4. The van der Waals surface area contributed by atoms with Gasteiger partial charge in [-0.15, -0.1) is 0 Å². The molecule has 0 saturated carbocycles. The van der Waals surface area contributed by atoms with E-state index in [1.54, 1.807) is 6.20 Å². The number of nitrogens with one attached hydrogen (secondary N) is 2. The molecule has 1 aliphatic rings. The maximum absolute atomic E-state index is 12.4. The fourth-order valence-electron chi connectivity index (χ4n) is 2.88. The van der Waals surface area contributed by atoms with Crippen molar-refractivity contribution in [3.63, 3.8) is 0 Å². The highest BCUT2D eigenvalue weighted by atomic mass is 32.2. The van der Waals surface area contributed by atoms with Gasteiger partial charge in [0.1, 0.15) is 17.1 Å². The lowest BCUT2D eigenvalue weighted by Gasteiger charge is -2.25. The number of fused-ring (bicyclic) bond motifs is 1. The number of hydrogen-bond donors (Lipinski definition) is 2. The summed E-state index contributed by atoms with van der Waals surface area (Å²) in [6.07, 6.45) is 1.68. The van der Waals surface area contributed by atoms with E-state index in [4.69, 9.17) is 0 Å². The molecule has 1 fully saturated rings. The molecule has 1 aromatic heterocycles. The van der Waals surface area contributed by atoms with Crippen molar-refractivity contribution in [3.05, 3.63) is 29.5 Å². The second-order valence-corrected chi connectivity index (χ2v) is 8.84. The molecule has 0 amide bonds. The molecule has 1 unspecified atom stereocenters. The highest BCUT2D eigenvalue weighted by Gasteiger charge is 2.16. The number of aromatic amines is 1.